The average Bonchev–Trinajstić information content (AvgIpc) is 3.06. The van der Waals surface area contributed by atoms with Crippen molar-refractivity contribution in [3.63, 3.8) is 0 Å². The number of aromatic nitrogens is 2. The zero-order valence-electron chi connectivity index (χ0n) is 26.1. The summed E-state index contributed by atoms with van der Waals surface area (Å²) in [7, 11) is 3.28. The fraction of sp³-hybridized carbons (Fsp3) is 0.184. The van der Waals surface area contributed by atoms with Gasteiger partial charge in [0, 0.05) is 5.56 Å². The highest BCUT2D eigenvalue weighted by molar-refractivity contribution is 5.86. The van der Waals surface area contributed by atoms with Gasteiger partial charge in [-0.15, -0.1) is 0 Å². The Balaban J connectivity index is 1.37. The molecule has 0 spiro atoms. The summed E-state index contributed by atoms with van der Waals surface area (Å²) >= 11 is 0. The number of benzene rings is 5. The summed E-state index contributed by atoms with van der Waals surface area (Å²) in [5, 5.41) is 7.49. The van der Waals surface area contributed by atoms with E-state index < -0.39 is 0 Å². The second-order valence-electron chi connectivity index (χ2n) is 11.2. The van der Waals surface area contributed by atoms with Gasteiger partial charge in [-0.2, -0.15) is 9.78 Å². The highest BCUT2D eigenvalue weighted by Crippen LogP contribution is 2.34. The molecule has 0 aliphatic heterocycles. The number of para-hydroxylation sites is 1. The molecule has 5 aromatic carbocycles. The van der Waals surface area contributed by atoms with E-state index in [9.17, 15) is 4.79 Å². The van der Waals surface area contributed by atoms with Crippen LogP contribution in [0.2, 0.25) is 0 Å². The van der Waals surface area contributed by atoms with Crippen molar-refractivity contribution in [2.45, 2.75) is 33.3 Å². The summed E-state index contributed by atoms with van der Waals surface area (Å²) in [6.07, 6.45) is 1.64. The number of methoxy groups -OCH3 is 2. The van der Waals surface area contributed by atoms with Crippen molar-refractivity contribution >= 4 is 27.9 Å². The molecule has 0 unspecified atom stereocenters. The van der Waals surface area contributed by atoms with E-state index in [1.807, 2.05) is 73.7 Å². The molecule has 1 aromatic heterocycles. The van der Waals surface area contributed by atoms with Crippen LogP contribution < -0.4 is 19.8 Å². The number of rotatable bonds is 9. The molecule has 1 heterocycles. The Bertz CT molecular complexity index is 2110. The van der Waals surface area contributed by atoms with Crippen LogP contribution in [-0.2, 0) is 6.61 Å². The number of fused-ring (bicyclic) bond motifs is 2. The molecule has 7 nitrogen and oxygen atoms in total. The summed E-state index contributed by atoms with van der Waals surface area (Å²) in [4.78, 5) is 18.7. The Kier molecular flexibility index (Phi) is 8.34. The number of ether oxygens (including phenoxy) is 3. The predicted octanol–water partition coefficient (Wildman–Crippen LogP) is 8.13. The van der Waals surface area contributed by atoms with Crippen LogP contribution in [0.25, 0.3) is 33.1 Å². The van der Waals surface area contributed by atoms with Crippen LogP contribution in [-0.4, -0.2) is 30.1 Å². The van der Waals surface area contributed by atoms with Gasteiger partial charge in [0.1, 0.15) is 12.4 Å². The van der Waals surface area contributed by atoms with Crippen LogP contribution in [0.1, 0.15) is 42.0 Å². The van der Waals surface area contributed by atoms with Crippen LogP contribution in [0.4, 0.5) is 0 Å². The highest BCUT2D eigenvalue weighted by Gasteiger charge is 2.18. The molecule has 0 fully saturated rings. The Morgan fingerprint density at radius 1 is 0.822 bits per heavy atom. The van der Waals surface area contributed by atoms with Gasteiger partial charge in [-0.05, 0) is 88.3 Å². The lowest BCUT2D eigenvalue weighted by Gasteiger charge is -2.17. The van der Waals surface area contributed by atoms with Crippen molar-refractivity contribution in [1.82, 2.24) is 9.66 Å². The molecule has 7 heteroatoms. The molecule has 0 aliphatic rings. The molecule has 0 radical (unpaired) electrons. The summed E-state index contributed by atoms with van der Waals surface area (Å²) in [5.74, 6) is 2.65. The van der Waals surface area contributed by atoms with E-state index in [1.165, 1.54) is 10.1 Å². The largest absolute Gasteiger partial charge is 0.496 e. The Morgan fingerprint density at radius 2 is 1.56 bits per heavy atom. The third kappa shape index (κ3) is 5.89. The van der Waals surface area contributed by atoms with Crippen molar-refractivity contribution in [2.75, 3.05) is 14.2 Å². The van der Waals surface area contributed by atoms with Crippen LogP contribution in [0.5, 0.6) is 17.2 Å². The van der Waals surface area contributed by atoms with Gasteiger partial charge in [0.2, 0.25) is 0 Å². The van der Waals surface area contributed by atoms with E-state index in [-0.39, 0.29) is 11.5 Å². The van der Waals surface area contributed by atoms with Crippen LogP contribution in [0, 0.1) is 6.92 Å². The van der Waals surface area contributed by atoms with E-state index in [1.54, 1.807) is 26.5 Å². The molecule has 0 saturated carbocycles. The molecule has 0 atom stereocenters. The summed E-state index contributed by atoms with van der Waals surface area (Å²) < 4.78 is 18.9. The molecule has 0 aliphatic carbocycles. The second kappa shape index (κ2) is 12.7. The number of aryl methyl sites for hydroxylation is 1. The van der Waals surface area contributed by atoms with Crippen molar-refractivity contribution in [1.29, 1.82) is 0 Å². The van der Waals surface area contributed by atoms with Crippen molar-refractivity contribution in [3.05, 3.63) is 130 Å². The molecule has 0 saturated heterocycles. The molecular weight excluding hydrogens is 562 g/mol. The number of hydrogen-bond acceptors (Lipinski definition) is 6. The number of hydrogen-bond donors (Lipinski definition) is 0. The van der Waals surface area contributed by atoms with E-state index in [0.717, 1.165) is 39.0 Å². The van der Waals surface area contributed by atoms with Gasteiger partial charge in [-0.25, -0.2) is 4.98 Å². The minimum absolute atomic E-state index is 0.206. The summed E-state index contributed by atoms with van der Waals surface area (Å²) in [6, 6.07) is 31.4. The first-order valence-corrected chi connectivity index (χ1v) is 14.9. The average molecular weight is 598 g/mol. The second-order valence-corrected chi connectivity index (χ2v) is 11.2. The molecular formula is C38H35N3O4. The molecule has 0 bridgehead atoms. The van der Waals surface area contributed by atoms with Crippen LogP contribution in [0.3, 0.4) is 0 Å². The van der Waals surface area contributed by atoms with Crippen LogP contribution >= 0.6 is 0 Å². The zero-order valence-corrected chi connectivity index (χ0v) is 26.1. The maximum absolute atomic E-state index is 13.8. The lowest BCUT2D eigenvalue weighted by molar-refractivity contribution is 0.285. The molecule has 226 valence electrons. The van der Waals surface area contributed by atoms with Gasteiger partial charge in [0.05, 0.1) is 31.3 Å². The lowest BCUT2D eigenvalue weighted by Crippen LogP contribution is -2.20. The fourth-order valence-corrected chi connectivity index (χ4v) is 5.55. The van der Waals surface area contributed by atoms with Crippen molar-refractivity contribution in [2.24, 2.45) is 5.10 Å². The summed E-state index contributed by atoms with van der Waals surface area (Å²) in [6.45, 7) is 6.60. The minimum Gasteiger partial charge on any atom is -0.496 e. The minimum atomic E-state index is -0.254. The Labute approximate surface area is 262 Å². The quantitative estimate of drug-likeness (QED) is 0.157. The van der Waals surface area contributed by atoms with Crippen LogP contribution in [0.15, 0.2) is 107 Å². The van der Waals surface area contributed by atoms with E-state index in [2.05, 4.69) is 43.2 Å². The Hall–Kier alpha value is -5.43. The number of nitrogens with zero attached hydrogens (tertiary/aromatic N) is 3. The third-order valence-electron chi connectivity index (χ3n) is 7.97. The van der Waals surface area contributed by atoms with E-state index in [0.29, 0.717) is 34.8 Å². The normalized spacial score (nSPS) is 11.5. The van der Waals surface area contributed by atoms with Crippen molar-refractivity contribution < 1.29 is 14.2 Å². The van der Waals surface area contributed by atoms with E-state index in [4.69, 9.17) is 19.2 Å². The molecule has 0 N–H and O–H groups in total. The first kappa shape index (κ1) is 29.6. The Morgan fingerprint density at radius 3 is 2.33 bits per heavy atom. The summed E-state index contributed by atoms with van der Waals surface area (Å²) in [5.41, 5.74) is 4.95. The smallest absolute Gasteiger partial charge is 0.282 e. The zero-order chi connectivity index (χ0) is 31.5. The molecule has 45 heavy (non-hydrogen) atoms. The maximum atomic E-state index is 13.8. The standard InChI is InChI=1S/C38H35N3O4/c1-24(2)31-21-32(25(3)19-35(31)43-4)37-40-33-16-9-8-15-30(33)38(42)41(37)39-22-26-17-18-34(36(20-26)44-5)45-23-28-13-10-12-27-11-6-7-14-29(27)28/h6-22,24H,23H2,1-5H3. The predicted molar refractivity (Wildman–Crippen MR) is 181 cm³/mol. The first-order valence-electron chi connectivity index (χ1n) is 14.9. The molecule has 6 rings (SSSR count). The van der Waals surface area contributed by atoms with Gasteiger partial charge >= 0.3 is 0 Å². The van der Waals surface area contributed by atoms with Gasteiger partial charge in [-0.1, -0.05) is 68.4 Å². The van der Waals surface area contributed by atoms with Gasteiger partial charge in [-0.3, -0.25) is 4.79 Å². The fourth-order valence-electron chi connectivity index (χ4n) is 5.55. The monoisotopic (exact) mass is 597 g/mol. The third-order valence-corrected chi connectivity index (χ3v) is 7.97. The van der Waals surface area contributed by atoms with E-state index >= 15 is 0 Å². The van der Waals surface area contributed by atoms with Crippen molar-refractivity contribution in [3.8, 4) is 28.6 Å². The molecule has 0 amide bonds. The molecule has 6 aromatic rings. The maximum Gasteiger partial charge on any atom is 0.282 e. The highest BCUT2D eigenvalue weighted by atomic mass is 16.5. The van der Waals surface area contributed by atoms with Gasteiger partial charge in [0.25, 0.3) is 5.56 Å². The van der Waals surface area contributed by atoms with Gasteiger partial charge < -0.3 is 14.2 Å². The lowest BCUT2D eigenvalue weighted by atomic mass is 9.96. The SMILES string of the molecule is COc1cc(C=Nn2c(-c3cc(C(C)C)c(OC)cc3C)nc3ccccc3c2=O)ccc1OCc1cccc2ccccc12. The topological polar surface area (TPSA) is 74.9 Å². The van der Waals surface area contributed by atoms with Gasteiger partial charge in [0.15, 0.2) is 17.3 Å². The first-order chi connectivity index (χ1) is 21.9.